The summed E-state index contributed by atoms with van der Waals surface area (Å²) in [7, 11) is 0. The highest BCUT2D eigenvalue weighted by molar-refractivity contribution is 9.10. The minimum absolute atomic E-state index is 0.638. The number of nitrogens with one attached hydrogen (secondary N) is 2. The molecule has 110 valence electrons. The number of benzene rings is 1. The molecule has 1 saturated carbocycles. The molecule has 3 unspecified atom stereocenters. The lowest BCUT2D eigenvalue weighted by molar-refractivity contribution is 0.262. The molecule has 2 nitrogen and oxygen atoms in total. The van der Waals surface area contributed by atoms with E-state index in [1.165, 1.54) is 60.8 Å². The van der Waals surface area contributed by atoms with E-state index in [2.05, 4.69) is 51.7 Å². The highest BCUT2D eigenvalue weighted by atomic mass is 79.9. The Bertz CT molecular complexity index is 454. The Labute approximate surface area is 130 Å². The first kappa shape index (κ1) is 14.4. The quantitative estimate of drug-likeness (QED) is 0.850. The molecule has 0 aromatic heterocycles. The van der Waals surface area contributed by atoms with E-state index in [1.807, 2.05) is 0 Å². The van der Waals surface area contributed by atoms with Crippen LogP contribution in [0.3, 0.4) is 0 Å². The first-order valence-corrected chi connectivity index (χ1v) is 8.79. The third kappa shape index (κ3) is 3.20. The van der Waals surface area contributed by atoms with Crippen molar-refractivity contribution in [3.8, 4) is 0 Å². The topological polar surface area (TPSA) is 24.1 Å². The number of anilines is 1. The van der Waals surface area contributed by atoms with Crippen LogP contribution in [0, 0.1) is 12.8 Å². The molecule has 1 aromatic rings. The lowest BCUT2D eigenvalue weighted by Gasteiger charge is -2.37. The molecule has 20 heavy (non-hydrogen) atoms. The van der Waals surface area contributed by atoms with Gasteiger partial charge in [0.15, 0.2) is 0 Å². The Morgan fingerprint density at radius 1 is 1.15 bits per heavy atom. The molecule has 2 N–H and O–H groups in total. The molecule has 2 aliphatic rings. The fraction of sp³-hybridized carbons (Fsp3) is 0.647. The van der Waals surface area contributed by atoms with Crippen molar-refractivity contribution in [2.45, 2.75) is 57.5 Å². The molecule has 0 amide bonds. The zero-order valence-corrected chi connectivity index (χ0v) is 13.9. The standard InChI is InChI=1S/C17H25BrN2/c1-12-11-13(18)8-9-15(12)20-17-6-3-2-5-14(17)16-7-4-10-19-16/h8-9,11,14,16-17,19-20H,2-7,10H2,1H3. The molecule has 1 saturated heterocycles. The molecular formula is C17H25BrN2. The Balaban J connectivity index is 1.72. The minimum atomic E-state index is 0.638. The molecule has 1 aromatic carbocycles. The van der Waals surface area contributed by atoms with Crippen molar-refractivity contribution in [2.75, 3.05) is 11.9 Å². The van der Waals surface area contributed by atoms with Gasteiger partial charge in [0.25, 0.3) is 0 Å². The van der Waals surface area contributed by atoms with Crippen LogP contribution in [0.4, 0.5) is 5.69 Å². The van der Waals surface area contributed by atoms with E-state index in [9.17, 15) is 0 Å². The van der Waals surface area contributed by atoms with Crippen LogP contribution in [0.2, 0.25) is 0 Å². The van der Waals surface area contributed by atoms with Crippen LogP contribution in [0.25, 0.3) is 0 Å². The highest BCUT2D eigenvalue weighted by Crippen LogP contribution is 2.33. The minimum Gasteiger partial charge on any atom is -0.382 e. The van der Waals surface area contributed by atoms with E-state index in [0.717, 1.165) is 12.0 Å². The van der Waals surface area contributed by atoms with E-state index in [1.54, 1.807) is 0 Å². The van der Waals surface area contributed by atoms with Crippen LogP contribution >= 0.6 is 15.9 Å². The van der Waals surface area contributed by atoms with Crippen molar-refractivity contribution < 1.29 is 0 Å². The lowest BCUT2D eigenvalue weighted by Crippen LogP contribution is -2.43. The maximum absolute atomic E-state index is 3.84. The second-order valence-electron chi connectivity index (χ2n) is 6.36. The first-order chi connectivity index (χ1) is 9.74. The van der Waals surface area contributed by atoms with Gasteiger partial charge in [-0.15, -0.1) is 0 Å². The van der Waals surface area contributed by atoms with Gasteiger partial charge >= 0.3 is 0 Å². The van der Waals surface area contributed by atoms with Gasteiger partial charge < -0.3 is 10.6 Å². The number of rotatable bonds is 3. The molecular weight excluding hydrogens is 312 g/mol. The fourth-order valence-electron chi connectivity index (χ4n) is 3.89. The molecule has 0 bridgehead atoms. The predicted molar refractivity (Wildman–Crippen MR) is 89.3 cm³/mol. The first-order valence-electron chi connectivity index (χ1n) is 8.00. The number of hydrogen-bond donors (Lipinski definition) is 2. The predicted octanol–water partition coefficient (Wildman–Crippen LogP) is 4.48. The number of aryl methyl sites for hydroxylation is 1. The van der Waals surface area contributed by atoms with E-state index in [0.29, 0.717) is 6.04 Å². The Hall–Kier alpha value is -0.540. The summed E-state index contributed by atoms with van der Waals surface area (Å²) < 4.78 is 1.17. The van der Waals surface area contributed by atoms with Gasteiger partial charge in [-0.2, -0.15) is 0 Å². The summed E-state index contributed by atoms with van der Waals surface area (Å²) in [6.45, 7) is 3.41. The maximum Gasteiger partial charge on any atom is 0.0372 e. The Kier molecular flexibility index (Phi) is 4.67. The molecule has 2 fully saturated rings. The summed E-state index contributed by atoms with van der Waals surface area (Å²) >= 11 is 3.55. The van der Waals surface area contributed by atoms with Crippen LogP contribution in [-0.2, 0) is 0 Å². The van der Waals surface area contributed by atoms with Crippen molar-refractivity contribution in [3.63, 3.8) is 0 Å². The van der Waals surface area contributed by atoms with E-state index < -0.39 is 0 Å². The zero-order chi connectivity index (χ0) is 13.9. The zero-order valence-electron chi connectivity index (χ0n) is 12.3. The van der Waals surface area contributed by atoms with Gasteiger partial charge in [0, 0.05) is 22.2 Å². The number of halogens is 1. The van der Waals surface area contributed by atoms with Crippen LogP contribution in [0.15, 0.2) is 22.7 Å². The third-order valence-electron chi connectivity index (χ3n) is 4.96. The van der Waals surface area contributed by atoms with Crippen LogP contribution in [-0.4, -0.2) is 18.6 Å². The largest absolute Gasteiger partial charge is 0.382 e. The summed E-state index contributed by atoms with van der Waals surface area (Å²) in [5.41, 5.74) is 2.64. The fourth-order valence-corrected chi connectivity index (χ4v) is 4.36. The van der Waals surface area contributed by atoms with Crippen molar-refractivity contribution in [1.82, 2.24) is 5.32 Å². The summed E-state index contributed by atoms with van der Waals surface area (Å²) in [4.78, 5) is 0. The molecule has 1 aliphatic heterocycles. The van der Waals surface area contributed by atoms with Crippen LogP contribution < -0.4 is 10.6 Å². The average Bonchev–Trinajstić information content (AvgIpc) is 2.96. The molecule has 0 radical (unpaired) electrons. The average molecular weight is 337 g/mol. The summed E-state index contributed by atoms with van der Waals surface area (Å²) in [5, 5.41) is 7.56. The molecule has 3 heteroatoms. The summed E-state index contributed by atoms with van der Waals surface area (Å²) in [6.07, 6.45) is 8.19. The number of hydrogen-bond acceptors (Lipinski definition) is 2. The second kappa shape index (κ2) is 6.48. The van der Waals surface area contributed by atoms with Gasteiger partial charge in [-0.3, -0.25) is 0 Å². The van der Waals surface area contributed by atoms with Crippen LogP contribution in [0.5, 0.6) is 0 Å². The van der Waals surface area contributed by atoms with Gasteiger partial charge in [0.1, 0.15) is 0 Å². The van der Waals surface area contributed by atoms with E-state index >= 15 is 0 Å². The second-order valence-corrected chi connectivity index (χ2v) is 7.28. The van der Waals surface area contributed by atoms with Gasteiger partial charge in [0.2, 0.25) is 0 Å². The normalized spacial score (nSPS) is 30.4. The van der Waals surface area contributed by atoms with Gasteiger partial charge in [-0.25, -0.2) is 0 Å². The summed E-state index contributed by atoms with van der Waals surface area (Å²) in [6, 6.07) is 7.94. The Morgan fingerprint density at radius 3 is 2.75 bits per heavy atom. The van der Waals surface area contributed by atoms with Crippen molar-refractivity contribution >= 4 is 21.6 Å². The Morgan fingerprint density at radius 2 is 2.00 bits per heavy atom. The van der Waals surface area contributed by atoms with Crippen molar-refractivity contribution in [3.05, 3.63) is 28.2 Å². The van der Waals surface area contributed by atoms with Gasteiger partial charge in [-0.1, -0.05) is 28.8 Å². The van der Waals surface area contributed by atoms with Gasteiger partial charge in [-0.05, 0) is 68.8 Å². The smallest absolute Gasteiger partial charge is 0.0372 e. The monoisotopic (exact) mass is 336 g/mol. The molecule has 0 spiro atoms. The lowest BCUT2D eigenvalue weighted by atomic mass is 9.79. The maximum atomic E-state index is 3.84. The molecule has 3 atom stereocenters. The van der Waals surface area contributed by atoms with E-state index in [-0.39, 0.29) is 0 Å². The molecule has 1 aliphatic carbocycles. The van der Waals surface area contributed by atoms with Gasteiger partial charge in [0.05, 0.1) is 0 Å². The van der Waals surface area contributed by atoms with Crippen molar-refractivity contribution in [2.24, 2.45) is 5.92 Å². The summed E-state index contributed by atoms with van der Waals surface area (Å²) in [5.74, 6) is 0.800. The SMILES string of the molecule is Cc1cc(Br)ccc1NC1CCCCC1C1CCCN1. The molecule has 3 rings (SSSR count). The molecule has 1 heterocycles. The highest BCUT2D eigenvalue weighted by Gasteiger charge is 2.33. The third-order valence-corrected chi connectivity index (χ3v) is 5.46. The van der Waals surface area contributed by atoms with Crippen molar-refractivity contribution in [1.29, 1.82) is 0 Å². The van der Waals surface area contributed by atoms with E-state index in [4.69, 9.17) is 0 Å². The van der Waals surface area contributed by atoms with Crippen LogP contribution in [0.1, 0.15) is 44.1 Å².